The molecule has 0 bridgehead atoms. The Labute approximate surface area is 112 Å². The number of carbonyl (C=O) groups is 3. The Kier molecular flexibility index (Phi) is 6.11. The highest BCUT2D eigenvalue weighted by atomic mass is 16.4. The number of nitrogens with two attached hydrogens (primary N) is 1. The van der Waals surface area contributed by atoms with Crippen LogP contribution in [0.1, 0.15) is 32.1 Å². The van der Waals surface area contributed by atoms with E-state index in [9.17, 15) is 14.4 Å². The molecular weight excluding hydrogens is 250 g/mol. The summed E-state index contributed by atoms with van der Waals surface area (Å²) in [4.78, 5) is 34.0. The largest absolute Gasteiger partial charge is 0.480 e. The Morgan fingerprint density at radius 3 is 2.37 bits per heavy atom. The van der Waals surface area contributed by atoms with Gasteiger partial charge in [0, 0.05) is 6.54 Å². The highest BCUT2D eigenvalue weighted by molar-refractivity contribution is 5.85. The number of primary amides is 1. The maximum Gasteiger partial charge on any atom is 0.323 e. The van der Waals surface area contributed by atoms with Crippen molar-refractivity contribution in [2.24, 2.45) is 11.7 Å². The normalized spacial score (nSPS) is 15.2. The van der Waals surface area contributed by atoms with Crippen molar-refractivity contribution in [2.75, 3.05) is 19.6 Å². The Morgan fingerprint density at radius 2 is 1.84 bits per heavy atom. The van der Waals surface area contributed by atoms with Crippen LogP contribution in [0.25, 0.3) is 0 Å². The lowest BCUT2D eigenvalue weighted by atomic mass is 10.0. The lowest BCUT2D eigenvalue weighted by Gasteiger charge is -2.20. The molecule has 0 aromatic rings. The second-order valence-corrected chi connectivity index (χ2v) is 4.89. The Bertz CT molecular complexity index is 324. The summed E-state index contributed by atoms with van der Waals surface area (Å²) >= 11 is 0. The van der Waals surface area contributed by atoms with Gasteiger partial charge in [0.1, 0.15) is 13.1 Å². The molecule has 108 valence electrons. The molecule has 1 fully saturated rings. The van der Waals surface area contributed by atoms with Crippen LogP contribution < -0.4 is 11.1 Å². The summed E-state index contributed by atoms with van der Waals surface area (Å²) in [6.07, 6.45) is 5.76. The molecule has 0 aromatic carbocycles. The molecule has 0 aromatic heterocycles. The van der Waals surface area contributed by atoms with Gasteiger partial charge in [-0.1, -0.05) is 25.7 Å². The van der Waals surface area contributed by atoms with Crippen LogP contribution >= 0.6 is 0 Å². The van der Waals surface area contributed by atoms with Crippen LogP contribution in [0, 0.1) is 5.92 Å². The van der Waals surface area contributed by atoms with E-state index in [2.05, 4.69) is 5.32 Å². The Hall–Kier alpha value is -1.79. The summed E-state index contributed by atoms with van der Waals surface area (Å²) in [5.41, 5.74) is 4.98. The molecular formula is C12H21N3O4. The molecule has 1 aliphatic carbocycles. The van der Waals surface area contributed by atoms with Gasteiger partial charge in [0.2, 0.25) is 5.91 Å². The van der Waals surface area contributed by atoms with Crippen LogP contribution in [0.2, 0.25) is 0 Å². The minimum atomic E-state index is -1.17. The van der Waals surface area contributed by atoms with Crippen molar-refractivity contribution in [3.05, 3.63) is 0 Å². The zero-order valence-corrected chi connectivity index (χ0v) is 10.9. The highest BCUT2D eigenvalue weighted by Crippen LogP contribution is 2.26. The molecule has 7 nitrogen and oxygen atoms in total. The number of carboxylic acids is 1. The number of urea groups is 1. The third kappa shape index (κ3) is 6.08. The van der Waals surface area contributed by atoms with Gasteiger partial charge in [-0.25, -0.2) is 4.79 Å². The van der Waals surface area contributed by atoms with E-state index in [1.807, 2.05) is 0 Å². The minimum absolute atomic E-state index is 0.387. The van der Waals surface area contributed by atoms with Crippen LogP contribution in [-0.4, -0.2) is 47.5 Å². The van der Waals surface area contributed by atoms with Gasteiger partial charge in [0.25, 0.3) is 0 Å². The molecule has 19 heavy (non-hydrogen) atoms. The minimum Gasteiger partial charge on any atom is -0.480 e. The molecule has 0 atom stereocenters. The van der Waals surface area contributed by atoms with E-state index in [0.717, 1.165) is 11.3 Å². The van der Waals surface area contributed by atoms with E-state index < -0.39 is 24.5 Å². The maximum atomic E-state index is 11.7. The van der Waals surface area contributed by atoms with Gasteiger partial charge in [0.15, 0.2) is 0 Å². The maximum absolute atomic E-state index is 11.7. The predicted molar refractivity (Wildman–Crippen MR) is 68.4 cm³/mol. The molecule has 0 heterocycles. The van der Waals surface area contributed by atoms with Gasteiger partial charge >= 0.3 is 12.0 Å². The van der Waals surface area contributed by atoms with Crippen LogP contribution in [-0.2, 0) is 9.59 Å². The van der Waals surface area contributed by atoms with Gasteiger partial charge in [-0.15, -0.1) is 0 Å². The zero-order valence-electron chi connectivity index (χ0n) is 10.9. The zero-order chi connectivity index (χ0) is 14.3. The highest BCUT2D eigenvalue weighted by Gasteiger charge is 2.19. The van der Waals surface area contributed by atoms with Crippen molar-refractivity contribution in [3.63, 3.8) is 0 Å². The quantitative estimate of drug-likeness (QED) is 0.611. The third-order valence-corrected chi connectivity index (χ3v) is 3.26. The van der Waals surface area contributed by atoms with Gasteiger partial charge in [-0.05, 0) is 12.3 Å². The van der Waals surface area contributed by atoms with Crippen LogP contribution in [0.4, 0.5) is 4.79 Å². The van der Waals surface area contributed by atoms with Crippen LogP contribution in [0.15, 0.2) is 0 Å². The topological polar surface area (TPSA) is 113 Å². The Balaban J connectivity index is 2.33. The number of rotatable bonds is 7. The molecule has 0 aliphatic heterocycles. The van der Waals surface area contributed by atoms with Crippen molar-refractivity contribution in [1.82, 2.24) is 10.2 Å². The SMILES string of the molecule is NC(=O)CN(CC(=O)O)C(=O)NCCC1CCCC1. The van der Waals surface area contributed by atoms with Gasteiger partial charge < -0.3 is 21.1 Å². The average Bonchev–Trinajstić information content (AvgIpc) is 2.79. The fourth-order valence-corrected chi connectivity index (χ4v) is 2.34. The number of amides is 3. The average molecular weight is 271 g/mol. The molecule has 0 radical (unpaired) electrons. The van der Waals surface area contributed by atoms with E-state index in [1.54, 1.807) is 0 Å². The van der Waals surface area contributed by atoms with E-state index in [-0.39, 0.29) is 6.54 Å². The van der Waals surface area contributed by atoms with Crippen molar-refractivity contribution in [1.29, 1.82) is 0 Å². The summed E-state index contributed by atoms with van der Waals surface area (Å²) < 4.78 is 0. The molecule has 0 saturated heterocycles. The first-order valence-corrected chi connectivity index (χ1v) is 6.52. The molecule has 1 rings (SSSR count). The monoisotopic (exact) mass is 271 g/mol. The third-order valence-electron chi connectivity index (χ3n) is 3.26. The summed E-state index contributed by atoms with van der Waals surface area (Å²) in [5.74, 6) is -1.26. The lowest BCUT2D eigenvalue weighted by molar-refractivity contribution is -0.137. The molecule has 3 amide bonds. The standard InChI is InChI=1S/C12H21N3O4/c13-10(16)7-15(8-11(17)18)12(19)14-6-5-9-3-1-2-4-9/h9H,1-8H2,(H2,13,16)(H,14,19)(H,17,18). The Morgan fingerprint density at radius 1 is 1.21 bits per heavy atom. The second kappa shape index (κ2) is 7.60. The smallest absolute Gasteiger partial charge is 0.323 e. The first-order valence-electron chi connectivity index (χ1n) is 6.52. The van der Waals surface area contributed by atoms with Crippen LogP contribution in [0.3, 0.4) is 0 Å². The number of nitrogens with zero attached hydrogens (tertiary/aromatic N) is 1. The number of hydrogen-bond acceptors (Lipinski definition) is 3. The van der Waals surface area contributed by atoms with E-state index in [1.165, 1.54) is 25.7 Å². The van der Waals surface area contributed by atoms with Crippen molar-refractivity contribution < 1.29 is 19.5 Å². The molecule has 4 N–H and O–H groups in total. The van der Waals surface area contributed by atoms with Crippen molar-refractivity contribution in [2.45, 2.75) is 32.1 Å². The van der Waals surface area contributed by atoms with E-state index in [0.29, 0.717) is 12.5 Å². The molecule has 7 heteroatoms. The predicted octanol–water partition coefficient (Wildman–Crippen LogP) is 0.148. The molecule has 1 aliphatic rings. The fourth-order valence-electron chi connectivity index (χ4n) is 2.34. The molecule has 0 unspecified atom stereocenters. The first kappa shape index (κ1) is 15.3. The van der Waals surface area contributed by atoms with Gasteiger partial charge in [0.05, 0.1) is 0 Å². The number of carboxylic acid groups (broad SMARTS) is 1. The van der Waals surface area contributed by atoms with Crippen molar-refractivity contribution in [3.8, 4) is 0 Å². The number of hydrogen-bond donors (Lipinski definition) is 3. The van der Waals surface area contributed by atoms with Crippen LogP contribution in [0.5, 0.6) is 0 Å². The summed E-state index contributed by atoms with van der Waals surface area (Å²) in [7, 11) is 0. The van der Waals surface area contributed by atoms with Gasteiger partial charge in [-0.3, -0.25) is 9.59 Å². The molecule has 1 saturated carbocycles. The molecule has 0 spiro atoms. The summed E-state index contributed by atoms with van der Waals surface area (Å²) in [5, 5.41) is 11.3. The van der Waals surface area contributed by atoms with E-state index >= 15 is 0 Å². The number of aliphatic carboxylic acids is 1. The summed E-state index contributed by atoms with van der Waals surface area (Å²) in [6, 6.07) is -0.556. The summed E-state index contributed by atoms with van der Waals surface area (Å²) in [6.45, 7) is -0.419. The second-order valence-electron chi connectivity index (χ2n) is 4.89. The lowest BCUT2D eigenvalue weighted by Crippen LogP contribution is -2.47. The first-order chi connectivity index (χ1) is 8.99. The van der Waals surface area contributed by atoms with Crippen molar-refractivity contribution >= 4 is 17.9 Å². The number of carbonyl (C=O) groups excluding carboxylic acids is 2. The fraction of sp³-hybridized carbons (Fsp3) is 0.750. The van der Waals surface area contributed by atoms with Gasteiger partial charge in [-0.2, -0.15) is 0 Å². The number of nitrogens with one attached hydrogen (secondary N) is 1. The van der Waals surface area contributed by atoms with E-state index in [4.69, 9.17) is 10.8 Å².